The van der Waals surface area contributed by atoms with Gasteiger partial charge in [-0.25, -0.2) is 4.79 Å². The van der Waals surface area contributed by atoms with E-state index in [1.807, 2.05) is 0 Å². The number of nitrogens with one attached hydrogen (secondary N) is 3. The van der Waals surface area contributed by atoms with Gasteiger partial charge in [0, 0.05) is 6.42 Å². The number of benzene rings is 1. The number of primary amides is 1. The average molecular weight is 466 g/mol. The lowest BCUT2D eigenvalue weighted by molar-refractivity contribution is -0.141. The average Bonchev–Trinajstić information content (AvgIpc) is 2.75. The highest BCUT2D eigenvalue weighted by Gasteiger charge is 2.29. The monoisotopic (exact) mass is 465 g/mol. The first kappa shape index (κ1) is 27.4. The smallest absolute Gasteiger partial charge is 0.326 e. The molecule has 1 aromatic carbocycles. The van der Waals surface area contributed by atoms with Crippen LogP contribution in [-0.4, -0.2) is 64.5 Å². The van der Waals surface area contributed by atoms with Crippen LogP contribution in [0.1, 0.15) is 32.3 Å². The van der Waals surface area contributed by atoms with Gasteiger partial charge >= 0.3 is 5.97 Å². The molecule has 0 heterocycles. The van der Waals surface area contributed by atoms with E-state index in [1.165, 1.54) is 24.3 Å². The molecule has 0 fully saturated rings. The lowest BCUT2D eigenvalue weighted by Crippen LogP contribution is -2.56. The number of aliphatic carboxylic acids is 1. The molecule has 4 unspecified atom stereocenters. The molecule has 12 heteroatoms. The van der Waals surface area contributed by atoms with E-state index >= 15 is 0 Å². The van der Waals surface area contributed by atoms with Crippen LogP contribution >= 0.6 is 0 Å². The zero-order valence-electron chi connectivity index (χ0n) is 18.5. The van der Waals surface area contributed by atoms with E-state index in [1.54, 1.807) is 13.8 Å². The summed E-state index contributed by atoms with van der Waals surface area (Å²) in [6.45, 7) is 2.99. The van der Waals surface area contributed by atoms with Crippen LogP contribution in [0.3, 0.4) is 0 Å². The number of nitrogens with two attached hydrogens (primary N) is 2. The van der Waals surface area contributed by atoms with Crippen molar-refractivity contribution in [2.75, 3.05) is 6.54 Å². The molecule has 0 aliphatic heterocycles. The summed E-state index contributed by atoms with van der Waals surface area (Å²) in [5, 5.41) is 25.9. The Balaban J connectivity index is 2.71. The van der Waals surface area contributed by atoms with Crippen LogP contribution < -0.4 is 27.4 Å². The maximum absolute atomic E-state index is 12.6. The molecule has 0 radical (unpaired) electrons. The van der Waals surface area contributed by atoms with Gasteiger partial charge in [0.05, 0.1) is 19.0 Å². The maximum Gasteiger partial charge on any atom is 0.326 e. The van der Waals surface area contributed by atoms with E-state index in [0.717, 1.165) is 0 Å². The van der Waals surface area contributed by atoms with Crippen LogP contribution in [0.2, 0.25) is 0 Å². The number of carboxylic acids is 1. The van der Waals surface area contributed by atoms with Gasteiger partial charge in [0.15, 0.2) is 0 Å². The molecule has 9 N–H and O–H groups in total. The number of phenolic OH excluding ortho intramolecular Hbond substituents is 1. The maximum atomic E-state index is 12.6. The zero-order valence-corrected chi connectivity index (χ0v) is 18.5. The minimum absolute atomic E-state index is 0.0240. The topological polar surface area (TPSA) is 214 Å². The van der Waals surface area contributed by atoms with Crippen LogP contribution in [0.5, 0.6) is 5.75 Å². The zero-order chi connectivity index (χ0) is 25.1. The van der Waals surface area contributed by atoms with E-state index in [-0.39, 0.29) is 24.5 Å². The Bertz CT molecular complexity index is 859. The van der Waals surface area contributed by atoms with Crippen LogP contribution in [-0.2, 0) is 30.4 Å². The Morgan fingerprint density at radius 1 is 1.03 bits per heavy atom. The number of hydrogen-bond donors (Lipinski definition) is 7. The molecule has 1 aromatic rings. The molecule has 12 nitrogen and oxygen atoms in total. The van der Waals surface area contributed by atoms with Crippen molar-refractivity contribution in [3.05, 3.63) is 29.8 Å². The summed E-state index contributed by atoms with van der Waals surface area (Å²) < 4.78 is 0. The van der Waals surface area contributed by atoms with Crippen molar-refractivity contribution in [1.29, 1.82) is 0 Å². The predicted molar refractivity (Wildman–Crippen MR) is 118 cm³/mol. The lowest BCUT2D eigenvalue weighted by Gasteiger charge is -2.25. The predicted octanol–water partition coefficient (Wildman–Crippen LogP) is -1.65. The fraction of sp³-hybridized carbons (Fsp3) is 0.476. The first-order chi connectivity index (χ1) is 15.4. The van der Waals surface area contributed by atoms with Gasteiger partial charge in [-0.3, -0.25) is 19.2 Å². The van der Waals surface area contributed by atoms with Crippen molar-refractivity contribution in [1.82, 2.24) is 16.0 Å². The molecule has 0 aromatic heterocycles. The van der Waals surface area contributed by atoms with E-state index in [9.17, 15) is 34.2 Å². The molecule has 0 saturated heterocycles. The number of carbonyl (C=O) groups excluding carboxylic acids is 4. The Kier molecular flexibility index (Phi) is 10.8. The van der Waals surface area contributed by atoms with Crippen molar-refractivity contribution >= 4 is 29.6 Å². The molecule has 1 rings (SSSR count). The second-order valence-corrected chi connectivity index (χ2v) is 7.70. The highest BCUT2D eigenvalue weighted by Crippen LogP contribution is 2.12. The normalized spacial score (nSPS) is 14.3. The minimum Gasteiger partial charge on any atom is -0.508 e. The molecule has 0 bridgehead atoms. The quantitative estimate of drug-likeness (QED) is 0.179. The van der Waals surface area contributed by atoms with E-state index < -0.39 is 54.3 Å². The molecule has 0 spiro atoms. The van der Waals surface area contributed by atoms with Crippen molar-refractivity contribution in [3.8, 4) is 5.75 Å². The minimum atomic E-state index is -1.27. The number of carbonyl (C=O) groups is 5. The van der Waals surface area contributed by atoms with Gasteiger partial charge in [-0.15, -0.1) is 0 Å². The van der Waals surface area contributed by atoms with E-state index in [2.05, 4.69) is 16.0 Å². The van der Waals surface area contributed by atoms with E-state index in [0.29, 0.717) is 12.0 Å². The Hall–Kier alpha value is -3.67. The molecule has 33 heavy (non-hydrogen) atoms. The van der Waals surface area contributed by atoms with Gasteiger partial charge in [0.2, 0.25) is 23.6 Å². The third kappa shape index (κ3) is 9.56. The highest BCUT2D eigenvalue weighted by atomic mass is 16.4. The van der Waals surface area contributed by atoms with Gasteiger partial charge in [0.1, 0.15) is 17.8 Å². The summed E-state index contributed by atoms with van der Waals surface area (Å²) >= 11 is 0. The Morgan fingerprint density at radius 2 is 1.64 bits per heavy atom. The summed E-state index contributed by atoms with van der Waals surface area (Å²) in [6, 6.07) is 2.35. The summed E-state index contributed by atoms with van der Waals surface area (Å²) in [5.74, 6) is -4.47. The second kappa shape index (κ2) is 13.0. The van der Waals surface area contributed by atoms with Gasteiger partial charge < -0.3 is 37.6 Å². The third-order valence-electron chi connectivity index (χ3n) is 4.98. The van der Waals surface area contributed by atoms with Crippen LogP contribution in [0.4, 0.5) is 0 Å². The van der Waals surface area contributed by atoms with Gasteiger partial charge in [0.25, 0.3) is 0 Å². The summed E-state index contributed by atoms with van der Waals surface area (Å²) in [6.07, 6.45) is 0.0998. The SMILES string of the molecule is CCC(C)C(NC(=O)C(N)CC(N)=O)C(=O)NCC(=O)NC(Cc1ccc(O)cc1)C(=O)O. The number of amides is 4. The Morgan fingerprint density at radius 3 is 2.15 bits per heavy atom. The number of hydrogen-bond acceptors (Lipinski definition) is 7. The molecule has 4 atom stereocenters. The Labute approximate surface area is 191 Å². The number of phenols is 1. The molecule has 182 valence electrons. The fourth-order valence-electron chi connectivity index (χ4n) is 2.86. The molecule has 0 aliphatic rings. The third-order valence-corrected chi connectivity index (χ3v) is 4.98. The van der Waals surface area contributed by atoms with Crippen molar-refractivity contribution in [2.45, 2.75) is 51.2 Å². The van der Waals surface area contributed by atoms with Crippen LogP contribution in [0, 0.1) is 5.92 Å². The van der Waals surface area contributed by atoms with Crippen molar-refractivity contribution < 1.29 is 34.2 Å². The highest BCUT2D eigenvalue weighted by molar-refractivity contribution is 5.94. The van der Waals surface area contributed by atoms with Gasteiger partial charge in [-0.1, -0.05) is 32.4 Å². The first-order valence-corrected chi connectivity index (χ1v) is 10.4. The number of rotatable bonds is 13. The fourth-order valence-corrected chi connectivity index (χ4v) is 2.86. The van der Waals surface area contributed by atoms with Crippen molar-refractivity contribution in [2.24, 2.45) is 17.4 Å². The summed E-state index contributed by atoms with van der Waals surface area (Å²) in [4.78, 5) is 59.5. The number of carboxylic acid groups (broad SMARTS) is 1. The van der Waals surface area contributed by atoms with Crippen molar-refractivity contribution in [3.63, 3.8) is 0 Å². The number of aromatic hydroxyl groups is 1. The van der Waals surface area contributed by atoms with Gasteiger partial charge in [-0.2, -0.15) is 0 Å². The van der Waals surface area contributed by atoms with Gasteiger partial charge in [-0.05, 0) is 23.6 Å². The first-order valence-electron chi connectivity index (χ1n) is 10.4. The molecule has 0 aliphatic carbocycles. The lowest BCUT2D eigenvalue weighted by atomic mass is 9.97. The molecular formula is C21H31N5O7. The largest absolute Gasteiger partial charge is 0.508 e. The van der Waals surface area contributed by atoms with Crippen LogP contribution in [0.15, 0.2) is 24.3 Å². The summed E-state index contributed by atoms with van der Waals surface area (Å²) in [7, 11) is 0. The molecular weight excluding hydrogens is 434 g/mol. The standard InChI is InChI=1S/C21H31N5O7/c1-3-11(2)18(26-19(30)14(22)9-16(23)28)20(31)24-10-17(29)25-15(21(32)33)8-12-4-6-13(27)7-5-12/h4-7,11,14-15,18,27H,3,8-10,22H2,1-2H3,(H2,23,28)(H,24,31)(H,25,29)(H,26,30)(H,32,33). The van der Waals surface area contributed by atoms with Crippen LogP contribution in [0.25, 0.3) is 0 Å². The summed E-state index contributed by atoms with van der Waals surface area (Å²) in [5.41, 5.74) is 11.2. The van der Waals surface area contributed by atoms with E-state index in [4.69, 9.17) is 11.5 Å². The second-order valence-electron chi connectivity index (χ2n) is 7.70. The molecule has 0 saturated carbocycles. The molecule has 4 amide bonds.